The maximum Gasteiger partial charge on any atom is 0.272 e. The van der Waals surface area contributed by atoms with Crippen molar-refractivity contribution in [1.29, 1.82) is 0 Å². The summed E-state index contributed by atoms with van der Waals surface area (Å²) in [6.45, 7) is 1.68. The van der Waals surface area contributed by atoms with Crippen LogP contribution in [0.5, 0.6) is 0 Å². The molecule has 1 atom stereocenters. The van der Waals surface area contributed by atoms with E-state index >= 15 is 0 Å². The van der Waals surface area contributed by atoms with Crippen LogP contribution in [0.4, 0.5) is 5.69 Å². The van der Waals surface area contributed by atoms with Crippen LogP contribution in [0.3, 0.4) is 0 Å². The number of aliphatic hydroxyl groups excluding tert-OH is 1. The number of anilines is 1. The molecule has 5 heteroatoms. The van der Waals surface area contributed by atoms with Crippen molar-refractivity contribution < 1.29 is 9.90 Å². The molecule has 0 saturated carbocycles. The van der Waals surface area contributed by atoms with Gasteiger partial charge in [0.1, 0.15) is 5.69 Å². The normalized spacial score (nSPS) is 19.0. The Labute approximate surface area is 107 Å². The summed E-state index contributed by atoms with van der Waals surface area (Å²) in [6, 6.07) is 3.59. The Morgan fingerprint density at radius 3 is 3.22 bits per heavy atom. The first-order chi connectivity index (χ1) is 8.74. The number of carbonyl (C=O) groups excluding carboxylic acids is 1. The SMILES string of the molecule is CNc1ccnc(C(=O)N2CCC(CCO)C2)c1. The lowest BCUT2D eigenvalue weighted by Gasteiger charge is -2.16. The Morgan fingerprint density at radius 2 is 2.50 bits per heavy atom. The molecule has 1 aromatic heterocycles. The summed E-state index contributed by atoms with van der Waals surface area (Å²) in [6.07, 6.45) is 3.38. The number of nitrogens with zero attached hydrogens (tertiary/aromatic N) is 2. The van der Waals surface area contributed by atoms with E-state index in [9.17, 15) is 4.79 Å². The monoisotopic (exact) mass is 249 g/mol. The Kier molecular flexibility index (Phi) is 4.15. The number of hydrogen-bond acceptors (Lipinski definition) is 4. The van der Waals surface area contributed by atoms with E-state index in [1.807, 2.05) is 18.0 Å². The number of rotatable bonds is 4. The number of aliphatic hydroxyl groups is 1. The second-order valence-electron chi connectivity index (χ2n) is 4.60. The van der Waals surface area contributed by atoms with Crippen molar-refractivity contribution in [1.82, 2.24) is 9.88 Å². The molecular formula is C13H19N3O2. The number of carbonyl (C=O) groups is 1. The molecule has 2 rings (SSSR count). The standard InChI is InChI=1S/C13H19N3O2/c1-14-11-2-5-15-12(8-11)13(18)16-6-3-10(9-16)4-7-17/h2,5,8,10,17H,3-4,6-7,9H2,1H3,(H,14,15). The van der Waals surface area contributed by atoms with E-state index in [2.05, 4.69) is 10.3 Å². The minimum Gasteiger partial charge on any atom is -0.396 e. The number of hydrogen-bond donors (Lipinski definition) is 2. The van der Waals surface area contributed by atoms with E-state index < -0.39 is 0 Å². The van der Waals surface area contributed by atoms with Gasteiger partial charge in [-0.1, -0.05) is 0 Å². The molecule has 0 spiro atoms. The molecule has 0 aliphatic carbocycles. The highest BCUT2D eigenvalue weighted by molar-refractivity contribution is 5.93. The zero-order chi connectivity index (χ0) is 13.0. The van der Waals surface area contributed by atoms with Crippen molar-refractivity contribution in [2.75, 3.05) is 32.1 Å². The van der Waals surface area contributed by atoms with Crippen LogP contribution >= 0.6 is 0 Å². The summed E-state index contributed by atoms with van der Waals surface area (Å²) in [4.78, 5) is 18.2. The lowest BCUT2D eigenvalue weighted by atomic mass is 10.1. The molecule has 5 nitrogen and oxygen atoms in total. The third kappa shape index (κ3) is 2.79. The molecule has 1 unspecified atom stereocenters. The van der Waals surface area contributed by atoms with Gasteiger partial charge in [-0.2, -0.15) is 0 Å². The summed E-state index contributed by atoms with van der Waals surface area (Å²) in [7, 11) is 1.82. The van der Waals surface area contributed by atoms with Crippen molar-refractivity contribution in [2.45, 2.75) is 12.8 Å². The molecule has 2 N–H and O–H groups in total. The van der Waals surface area contributed by atoms with Gasteiger partial charge in [-0.25, -0.2) is 0 Å². The van der Waals surface area contributed by atoms with Crippen molar-refractivity contribution >= 4 is 11.6 Å². The van der Waals surface area contributed by atoms with Gasteiger partial charge in [0.25, 0.3) is 5.91 Å². The fraction of sp³-hybridized carbons (Fsp3) is 0.538. The van der Waals surface area contributed by atoms with Crippen LogP contribution in [0.15, 0.2) is 18.3 Å². The summed E-state index contributed by atoms with van der Waals surface area (Å²) < 4.78 is 0. The summed E-state index contributed by atoms with van der Waals surface area (Å²) in [5.74, 6) is 0.402. The van der Waals surface area contributed by atoms with Crippen molar-refractivity contribution in [3.05, 3.63) is 24.0 Å². The molecular weight excluding hydrogens is 230 g/mol. The van der Waals surface area contributed by atoms with E-state index in [-0.39, 0.29) is 12.5 Å². The molecule has 98 valence electrons. The van der Waals surface area contributed by atoms with Crippen LogP contribution in [0.1, 0.15) is 23.3 Å². The zero-order valence-electron chi connectivity index (χ0n) is 10.6. The summed E-state index contributed by atoms with van der Waals surface area (Å²) >= 11 is 0. The van der Waals surface area contributed by atoms with Crippen LogP contribution in [0.25, 0.3) is 0 Å². The van der Waals surface area contributed by atoms with E-state index in [1.54, 1.807) is 12.3 Å². The molecule has 0 bridgehead atoms. The number of aromatic nitrogens is 1. The van der Waals surface area contributed by atoms with Gasteiger partial charge in [-0.15, -0.1) is 0 Å². The molecule has 0 radical (unpaired) electrons. The van der Waals surface area contributed by atoms with Crippen LogP contribution < -0.4 is 5.32 Å². The highest BCUT2D eigenvalue weighted by atomic mass is 16.3. The lowest BCUT2D eigenvalue weighted by Crippen LogP contribution is -2.29. The Bertz CT molecular complexity index is 422. The summed E-state index contributed by atoms with van der Waals surface area (Å²) in [5.41, 5.74) is 1.37. The van der Waals surface area contributed by atoms with Gasteiger partial charge in [0.15, 0.2) is 0 Å². The number of pyridine rings is 1. The molecule has 0 aromatic carbocycles. The minimum atomic E-state index is -0.0208. The fourth-order valence-electron chi connectivity index (χ4n) is 2.30. The van der Waals surface area contributed by atoms with E-state index in [4.69, 9.17) is 5.11 Å². The molecule has 1 aliphatic heterocycles. The lowest BCUT2D eigenvalue weighted by molar-refractivity contribution is 0.0779. The highest BCUT2D eigenvalue weighted by Gasteiger charge is 2.27. The second kappa shape index (κ2) is 5.82. The molecule has 2 heterocycles. The predicted octanol–water partition coefficient (Wildman–Crippen LogP) is 0.968. The quantitative estimate of drug-likeness (QED) is 0.834. The molecule has 1 fully saturated rings. The van der Waals surface area contributed by atoms with Crippen LogP contribution in [-0.4, -0.2) is 47.6 Å². The third-order valence-corrected chi connectivity index (χ3v) is 3.38. The number of likely N-dealkylation sites (tertiary alicyclic amines) is 1. The molecule has 1 aromatic rings. The first-order valence-electron chi connectivity index (χ1n) is 6.28. The van der Waals surface area contributed by atoms with Gasteiger partial charge in [0.2, 0.25) is 0 Å². The third-order valence-electron chi connectivity index (χ3n) is 3.38. The Hall–Kier alpha value is -1.62. The Balaban J connectivity index is 2.03. The van der Waals surface area contributed by atoms with Crippen molar-refractivity contribution in [3.8, 4) is 0 Å². The summed E-state index contributed by atoms with van der Waals surface area (Å²) in [5, 5.41) is 11.9. The maximum absolute atomic E-state index is 12.2. The van der Waals surface area contributed by atoms with Gasteiger partial charge in [0, 0.05) is 38.6 Å². The average Bonchev–Trinajstić information content (AvgIpc) is 2.87. The number of nitrogens with one attached hydrogen (secondary N) is 1. The van der Waals surface area contributed by atoms with E-state index in [0.29, 0.717) is 11.6 Å². The first-order valence-corrected chi connectivity index (χ1v) is 6.28. The van der Waals surface area contributed by atoms with Crippen LogP contribution in [-0.2, 0) is 0 Å². The van der Waals surface area contributed by atoms with Gasteiger partial charge >= 0.3 is 0 Å². The molecule has 18 heavy (non-hydrogen) atoms. The largest absolute Gasteiger partial charge is 0.396 e. The second-order valence-corrected chi connectivity index (χ2v) is 4.60. The molecule has 1 amide bonds. The van der Waals surface area contributed by atoms with E-state index in [1.165, 1.54) is 0 Å². The number of amides is 1. The highest BCUT2D eigenvalue weighted by Crippen LogP contribution is 2.21. The van der Waals surface area contributed by atoms with Crippen LogP contribution in [0, 0.1) is 5.92 Å². The van der Waals surface area contributed by atoms with Gasteiger partial charge < -0.3 is 15.3 Å². The van der Waals surface area contributed by atoms with Gasteiger partial charge in [-0.05, 0) is 30.9 Å². The smallest absolute Gasteiger partial charge is 0.272 e. The first kappa shape index (κ1) is 12.8. The van der Waals surface area contributed by atoms with Gasteiger partial charge in [-0.3, -0.25) is 9.78 Å². The van der Waals surface area contributed by atoms with Gasteiger partial charge in [0.05, 0.1) is 0 Å². The fourth-order valence-corrected chi connectivity index (χ4v) is 2.30. The van der Waals surface area contributed by atoms with Crippen molar-refractivity contribution in [3.63, 3.8) is 0 Å². The molecule has 1 saturated heterocycles. The molecule has 1 aliphatic rings. The van der Waals surface area contributed by atoms with Crippen LogP contribution in [0.2, 0.25) is 0 Å². The Morgan fingerprint density at radius 1 is 1.67 bits per heavy atom. The zero-order valence-corrected chi connectivity index (χ0v) is 10.6. The predicted molar refractivity (Wildman–Crippen MR) is 69.5 cm³/mol. The topological polar surface area (TPSA) is 65.5 Å². The van der Waals surface area contributed by atoms with Crippen molar-refractivity contribution in [2.24, 2.45) is 5.92 Å². The minimum absolute atomic E-state index is 0.0208. The average molecular weight is 249 g/mol. The maximum atomic E-state index is 12.2. The van der Waals surface area contributed by atoms with E-state index in [0.717, 1.165) is 31.6 Å².